The number of para-hydroxylation sites is 1. The van der Waals surface area contributed by atoms with Crippen molar-refractivity contribution >= 4 is 11.6 Å². The molecule has 8 nitrogen and oxygen atoms in total. The fraction of sp³-hybridized carbons (Fsp3) is 0.424. The van der Waals surface area contributed by atoms with E-state index in [2.05, 4.69) is 15.0 Å². The number of hydrogen-bond donors (Lipinski definition) is 1. The highest BCUT2D eigenvalue weighted by molar-refractivity contribution is 6.30. The van der Waals surface area contributed by atoms with Crippen LogP contribution in [0.3, 0.4) is 0 Å². The number of rotatable bonds is 6. The number of piperidine rings is 1. The minimum absolute atomic E-state index is 0.0401. The molecule has 0 aliphatic carbocycles. The molecule has 2 aromatic heterocycles. The molecule has 7 rings (SSSR count). The van der Waals surface area contributed by atoms with Gasteiger partial charge in [-0.25, -0.2) is 9.37 Å². The van der Waals surface area contributed by atoms with E-state index in [0.717, 1.165) is 55.6 Å². The van der Waals surface area contributed by atoms with Gasteiger partial charge in [0.25, 0.3) is 5.79 Å². The Labute approximate surface area is 268 Å². The van der Waals surface area contributed by atoms with Crippen molar-refractivity contribution in [3.63, 3.8) is 0 Å². The van der Waals surface area contributed by atoms with Crippen molar-refractivity contribution in [2.24, 2.45) is 0 Å². The third-order valence-corrected chi connectivity index (χ3v) is 9.28. The highest BCUT2D eigenvalue weighted by Gasteiger charge is 2.43. The number of nitrogens with zero attached hydrogens (tertiary/aromatic N) is 4. The largest absolute Gasteiger partial charge is 0.451 e. The Kier molecular flexibility index (Phi) is 8.14. The molecule has 0 radical (unpaired) electrons. The molecule has 2 atom stereocenters. The summed E-state index contributed by atoms with van der Waals surface area (Å²) >= 11 is 5.97. The third-order valence-electron chi connectivity index (χ3n) is 9.05. The highest BCUT2D eigenvalue weighted by atomic mass is 35.5. The Morgan fingerprint density at radius 2 is 1.87 bits per heavy atom. The van der Waals surface area contributed by atoms with Crippen molar-refractivity contribution in [3.05, 3.63) is 87.7 Å². The maximum Gasteiger partial charge on any atom is 0.451 e. The lowest BCUT2D eigenvalue weighted by molar-refractivity contribution is -0.144. The molecule has 0 amide bonds. The Balaban J connectivity index is 1.07. The van der Waals surface area contributed by atoms with E-state index in [-0.39, 0.29) is 23.2 Å². The summed E-state index contributed by atoms with van der Waals surface area (Å²) in [6, 6.07) is 12.1. The third kappa shape index (κ3) is 6.05. The van der Waals surface area contributed by atoms with Gasteiger partial charge in [0.15, 0.2) is 17.3 Å². The summed E-state index contributed by atoms with van der Waals surface area (Å²) in [4.78, 5) is 10.7. The zero-order chi connectivity index (χ0) is 32.1. The summed E-state index contributed by atoms with van der Waals surface area (Å²) in [5.74, 6) is -1.48. The van der Waals surface area contributed by atoms with Crippen molar-refractivity contribution in [2.75, 3.05) is 26.3 Å². The van der Waals surface area contributed by atoms with Gasteiger partial charge < -0.3 is 14.2 Å². The molecule has 2 saturated heterocycles. The summed E-state index contributed by atoms with van der Waals surface area (Å²) in [5, 5.41) is 6.09. The van der Waals surface area contributed by atoms with Crippen LogP contribution in [0.4, 0.5) is 17.6 Å². The van der Waals surface area contributed by atoms with Gasteiger partial charge in [0.1, 0.15) is 5.82 Å². The van der Waals surface area contributed by atoms with Gasteiger partial charge in [-0.15, -0.1) is 0 Å². The first-order valence-corrected chi connectivity index (χ1v) is 15.7. The molecular formula is C33H32ClF4N5O3. The summed E-state index contributed by atoms with van der Waals surface area (Å²) in [6.45, 7) is 5.13. The predicted molar refractivity (Wildman–Crippen MR) is 161 cm³/mol. The summed E-state index contributed by atoms with van der Waals surface area (Å²) in [5.41, 5.74) is 3.57. The first-order chi connectivity index (χ1) is 22.1. The monoisotopic (exact) mass is 657 g/mol. The van der Waals surface area contributed by atoms with Gasteiger partial charge in [0.2, 0.25) is 5.82 Å². The number of alkyl halides is 3. The van der Waals surface area contributed by atoms with E-state index in [4.69, 9.17) is 30.8 Å². The number of ether oxygens (including phenoxy) is 3. The lowest BCUT2D eigenvalue weighted by atomic mass is 9.88. The van der Waals surface area contributed by atoms with Crippen LogP contribution < -0.4 is 9.47 Å². The SMILES string of the molecule is C[C@@]1(c2ccc(Cl)cc2F)Oc2cccc(C3CCN(Cc4ncc(-c5n[nH]c(C(F)(F)F)n5)cc4[C@@H]4CCCOC4)CC3)c2O1. The number of fused-ring (bicyclic) bond motifs is 1. The number of nitrogens with one attached hydrogen (secondary N) is 1. The quantitative estimate of drug-likeness (QED) is 0.214. The highest BCUT2D eigenvalue weighted by Crippen LogP contribution is 2.50. The normalized spacial score (nSPS) is 22.3. The van der Waals surface area contributed by atoms with E-state index in [1.807, 2.05) is 29.4 Å². The van der Waals surface area contributed by atoms with Gasteiger partial charge in [-0.3, -0.25) is 15.0 Å². The fourth-order valence-corrected chi connectivity index (χ4v) is 6.83. The Morgan fingerprint density at radius 3 is 2.59 bits per heavy atom. The lowest BCUT2D eigenvalue weighted by Gasteiger charge is -2.33. The number of benzene rings is 2. The Hall–Kier alpha value is -3.74. The van der Waals surface area contributed by atoms with Gasteiger partial charge in [-0.1, -0.05) is 23.7 Å². The van der Waals surface area contributed by atoms with Crippen LogP contribution in [0.5, 0.6) is 11.5 Å². The average molecular weight is 658 g/mol. The molecule has 0 saturated carbocycles. The zero-order valence-corrected chi connectivity index (χ0v) is 25.8. The molecule has 2 fully saturated rings. The molecule has 2 aromatic carbocycles. The van der Waals surface area contributed by atoms with Gasteiger partial charge in [-0.05, 0) is 80.6 Å². The van der Waals surface area contributed by atoms with Crippen molar-refractivity contribution in [3.8, 4) is 22.9 Å². The number of halogens is 5. The molecule has 0 unspecified atom stereocenters. The van der Waals surface area contributed by atoms with Crippen LogP contribution in [0.15, 0.2) is 48.7 Å². The number of hydrogen-bond acceptors (Lipinski definition) is 7. The molecule has 3 aliphatic rings. The van der Waals surface area contributed by atoms with Crippen molar-refractivity contribution < 1.29 is 31.8 Å². The summed E-state index contributed by atoms with van der Waals surface area (Å²) in [7, 11) is 0. The van der Waals surface area contributed by atoms with Crippen LogP contribution in [0, 0.1) is 5.82 Å². The summed E-state index contributed by atoms with van der Waals surface area (Å²) < 4.78 is 72.5. The molecule has 3 aliphatic heterocycles. The van der Waals surface area contributed by atoms with Gasteiger partial charge in [-0.2, -0.15) is 18.3 Å². The van der Waals surface area contributed by atoms with Gasteiger partial charge in [0, 0.05) is 48.3 Å². The molecular weight excluding hydrogens is 626 g/mol. The van der Waals surface area contributed by atoms with Crippen molar-refractivity contribution in [1.29, 1.82) is 0 Å². The lowest BCUT2D eigenvalue weighted by Crippen LogP contribution is -2.34. The Bertz CT molecular complexity index is 1740. The maximum absolute atomic E-state index is 14.8. The number of H-pyrrole nitrogens is 1. The van der Waals surface area contributed by atoms with E-state index >= 15 is 0 Å². The van der Waals surface area contributed by atoms with Gasteiger partial charge >= 0.3 is 6.18 Å². The van der Waals surface area contributed by atoms with Crippen LogP contribution in [0.2, 0.25) is 5.02 Å². The molecule has 5 heterocycles. The zero-order valence-electron chi connectivity index (χ0n) is 25.0. The van der Waals surface area contributed by atoms with Gasteiger partial charge in [0.05, 0.1) is 17.9 Å². The maximum atomic E-state index is 14.8. The molecule has 242 valence electrons. The first kappa shape index (κ1) is 30.9. The van der Waals surface area contributed by atoms with E-state index < -0.39 is 23.6 Å². The average Bonchev–Trinajstić information content (AvgIpc) is 3.68. The minimum atomic E-state index is -4.61. The molecule has 1 N–H and O–H groups in total. The smallest absolute Gasteiger partial charge is 0.444 e. The second kappa shape index (κ2) is 12.1. The predicted octanol–water partition coefficient (Wildman–Crippen LogP) is 7.60. The van der Waals surface area contributed by atoms with Crippen LogP contribution in [0.25, 0.3) is 11.4 Å². The van der Waals surface area contributed by atoms with E-state index in [1.54, 1.807) is 25.3 Å². The molecule has 46 heavy (non-hydrogen) atoms. The van der Waals surface area contributed by atoms with E-state index in [9.17, 15) is 17.6 Å². The van der Waals surface area contributed by atoms with E-state index in [1.165, 1.54) is 6.07 Å². The summed E-state index contributed by atoms with van der Waals surface area (Å²) in [6.07, 6.45) is 0.464. The fourth-order valence-electron chi connectivity index (χ4n) is 6.67. The van der Waals surface area contributed by atoms with E-state index in [0.29, 0.717) is 41.8 Å². The number of likely N-dealkylation sites (tertiary alicyclic amines) is 1. The number of aromatic amines is 1. The molecule has 0 spiro atoms. The van der Waals surface area contributed by atoms with Crippen LogP contribution in [0.1, 0.15) is 72.7 Å². The topological polar surface area (TPSA) is 85.4 Å². The molecule has 0 bridgehead atoms. The number of pyridine rings is 1. The molecule has 4 aromatic rings. The van der Waals surface area contributed by atoms with Crippen LogP contribution >= 0.6 is 11.6 Å². The van der Waals surface area contributed by atoms with Crippen LogP contribution in [-0.2, 0) is 23.2 Å². The standard InChI is InChI=1S/C33H32ClF4N5O3/c1-32(25-8-7-22(34)15-26(25)35)45-28-6-2-5-23(29(28)46-32)19-9-11-43(12-10-19)17-27-24(20-4-3-13-44-18-20)14-21(16-39-27)30-40-31(42-41-30)33(36,37)38/h2,5-8,14-16,19-20H,3-4,9-13,17-18H2,1H3,(H,40,41,42)/t20-,32-/m1/s1. The minimum Gasteiger partial charge on any atom is -0.444 e. The Morgan fingerprint density at radius 1 is 1.04 bits per heavy atom. The number of aromatic nitrogens is 4. The van der Waals surface area contributed by atoms with Crippen LogP contribution in [-0.4, -0.2) is 51.4 Å². The van der Waals surface area contributed by atoms with Crippen molar-refractivity contribution in [1.82, 2.24) is 25.1 Å². The molecule has 13 heteroatoms. The second-order valence-electron chi connectivity index (χ2n) is 12.2. The first-order valence-electron chi connectivity index (χ1n) is 15.3. The second-order valence-corrected chi connectivity index (χ2v) is 12.6. The van der Waals surface area contributed by atoms with Crippen molar-refractivity contribution in [2.45, 2.75) is 63.0 Å².